The molecule has 0 saturated heterocycles. The SMILES string of the molecule is CC(=O)N(C(=O)Cc1cccc2ccccc12)[C@@H](Cc1ccc(F)cc1)C(=O)N[C@@H](Cc1ccc(N=C(N)N)cc1)C(=O)N[C@@H](CC(C)C)C(=O)N[C@@H](CCCN=C(N)N)C(N)=O. The van der Waals surface area contributed by atoms with Crippen molar-refractivity contribution < 1.29 is 33.2 Å². The number of hydrogen-bond acceptors (Lipinski definition) is 8. The third kappa shape index (κ3) is 14.9. The zero-order valence-corrected chi connectivity index (χ0v) is 35.6. The molecule has 13 N–H and O–H groups in total. The second-order valence-corrected chi connectivity index (χ2v) is 15.5. The summed E-state index contributed by atoms with van der Waals surface area (Å²) in [5.41, 5.74) is 29.5. The van der Waals surface area contributed by atoms with E-state index in [0.29, 0.717) is 28.8 Å². The first-order valence-corrected chi connectivity index (χ1v) is 20.4. The van der Waals surface area contributed by atoms with Gasteiger partial charge >= 0.3 is 0 Å². The van der Waals surface area contributed by atoms with Gasteiger partial charge in [0, 0.05) is 26.3 Å². The van der Waals surface area contributed by atoms with Gasteiger partial charge in [-0.2, -0.15) is 0 Å². The molecule has 6 amide bonds. The molecule has 0 aromatic heterocycles. The highest BCUT2D eigenvalue weighted by atomic mass is 19.1. The summed E-state index contributed by atoms with van der Waals surface area (Å²) in [5, 5.41) is 9.76. The van der Waals surface area contributed by atoms with Crippen molar-refractivity contribution in [3.05, 3.63) is 114 Å². The molecule has 4 aromatic rings. The van der Waals surface area contributed by atoms with Crippen molar-refractivity contribution in [3.63, 3.8) is 0 Å². The van der Waals surface area contributed by atoms with Gasteiger partial charge in [-0.15, -0.1) is 0 Å². The highest BCUT2D eigenvalue weighted by molar-refractivity contribution is 6.03. The maximum atomic E-state index is 14.7. The molecule has 63 heavy (non-hydrogen) atoms. The number of carbonyl (C=O) groups excluding carboxylic acids is 6. The normalized spacial score (nSPS) is 12.8. The van der Waals surface area contributed by atoms with Gasteiger partial charge in [-0.3, -0.25) is 38.7 Å². The van der Waals surface area contributed by atoms with Crippen LogP contribution in [0.25, 0.3) is 10.8 Å². The minimum Gasteiger partial charge on any atom is -0.370 e. The fourth-order valence-corrected chi connectivity index (χ4v) is 7.01. The predicted molar refractivity (Wildman–Crippen MR) is 239 cm³/mol. The second kappa shape index (κ2) is 23.0. The Morgan fingerprint density at radius 3 is 1.89 bits per heavy atom. The molecule has 0 fully saturated rings. The molecule has 18 heteroatoms. The molecule has 4 rings (SSSR count). The third-order valence-corrected chi connectivity index (χ3v) is 10.00. The summed E-state index contributed by atoms with van der Waals surface area (Å²) in [6.07, 6.45) is -0.0755. The van der Waals surface area contributed by atoms with Crippen LogP contribution in [0.1, 0.15) is 56.7 Å². The highest BCUT2D eigenvalue weighted by Crippen LogP contribution is 2.22. The lowest BCUT2D eigenvalue weighted by Gasteiger charge is -2.31. The summed E-state index contributed by atoms with van der Waals surface area (Å²) >= 11 is 0. The number of rotatable bonds is 21. The van der Waals surface area contributed by atoms with E-state index in [0.717, 1.165) is 22.6 Å². The van der Waals surface area contributed by atoms with E-state index in [-0.39, 0.29) is 56.5 Å². The van der Waals surface area contributed by atoms with Crippen LogP contribution in [0.2, 0.25) is 0 Å². The molecule has 0 aliphatic carbocycles. The number of nitrogens with one attached hydrogen (secondary N) is 3. The largest absolute Gasteiger partial charge is 0.370 e. The standard InChI is InChI=1S/C45H56FN11O6/c1-26(2)22-36(41(61)54-35(40(47)60)12-7-21-52-44(48)49)55-42(62)37(23-28-15-19-33(20-16-28)53-45(50)51)56-43(63)38(24-29-13-17-32(46)18-14-29)57(27(3)58)39(59)25-31-10-6-9-30-8-4-5-11-34(30)31/h4-6,8-11,13-20,26,35-38H,7,12,21-25H2,1-3H3,(H2,47,60)(H,54,61)(H,55,62)(H,56,63)(H4,48,49,52)(H4,50,51,53)/t35-,36-,37-,38-/m0/s1. The van der Waals surface area contributed by atoms with Gasteiger partial charge in [-0.05, 0) is 76.9 Å². The average molecular weight is 866 g/mol. The van der Waals surface area contributed by atoms with Gasteiger partial charge in [-0.1, -0.05) is 80.6 Å². The number of carbonyl (C=O) groups is 6. The van der Waals surface area contributed by atoms with E-state index in [1.165, 1.54) is 24.3 Å². The summed E-state index contributed by atoms with van der Waals surface area (Å²) < 4.78 is 14.0. The minimum atomic E-state index is -1.51. The molecule has 4 aromatic carbocycles. The third-order valence-electron chi connectivity index (χ3n) is 10.00. The number of guanidine groups is 2. The van der Waals surface area contributed by atoms with Crippen LogP contribution in [0.15, 0.2) is 101 Å². The van der Waals surface area contributed by atoms with E-state index < -0.39 is 65.4 Å². The number of primary amides is 1. The fourth-order valence-electron chi connectivity index (χ4n) is 7.01. The predicted octanol–water partition coefficient (Wildman–Crippen LogP) is 1.69. The Morgan fingerprint density at radius 1 is 0.683 bits per heavy atom. The molecule has 0 spiro atoms. The summed E-state index contributed by atoms with van der Waals surface area (Å²) in [4.78, 5) is 91.7. The van der Waals surface area contributed by atoms with E-state index >= 15 is 0 Å². The zero-order valence-electron chi connectivity index (χ0n) is 35.6. The highest BCUT2D eigenvalue weighted by Gasteiger charge is 2.36. The number of imide groups is 1. The van der Waals surface area contributed by atoms with Crippen LogP contribution in [0.3, 0.4) is 0 Å². The van der Waals surface area contributed by atoms with Gasteiger partial charge in [0.25, 0.3) is 0 Å². The van der Waals surface area contributed by atoms with Crippen molar-refractivity contribution in [1.82, 2.24) is 20.9 Å². The minimum absolute atomic E-state index is 0.107. The molecule has 0 bridgehead atoms. The molecule has 0 aliphatic rings. The molecule has 0 aliphatic heterocycles. The Hall–Kier alpha value is -7.37. The quantitative estimate of drug-likeness (QED) is 0.0341. The molecule has 0 unspecified atom stereocenters. The van der Waals surface area contributed by atoms with Gasteiger partial charge in [-0.25, -0.2) is 9.38 Å². The van der Waals surface area contributed by atoms with Crippen LogP contribution in [-0.2, 0) is 48.0 Å². The number of aliphatic imine (C=N–C) groups is 2. The fraction of sp³-hybridized carbons (Fsp3) is 0.333. The number of benzene rings is 4. The number of nitrogens with zero attached hydrogens (tertiary/aromatic N) is 3. The van der Waals surface area contributed by atoms with Crippen LogP contribution in [0, 0.1) is 11.7 Å². The first-order valence-electron chi connectivity index (χ1n) is 20.4. The molecule has 0 radical (unpaired) electrons. The van der Waals surface area contributed by atoms with Crippen LogP contribution in [0.5, 0.6) is 0 Å². The van der Waals surface area contributed by atoms with Crippen LogP contribution in [0.4, 0.5) is 10.1 Å². The number of nitrogens with two attached hydrogens (primary N) is 5. The number of halogens is 1. The lowest BCUT2D eigenvalue weighted by molar-refractivity contribution is -0.151. The van der Waals surface area contributed by atoms with Crippen LogP contribution < -0.4 is 44.6 Å². The number of fused-ring (bicyclic) bond motifs is 1. The monoisotopic (exact) mass is 865 g/mol. The lowest BCUT2D eigenvalue weighted by atomic mass is 9.98. The number of hydrogen-bond donors (Lipinski definition) is 8. The summed E-state index contributed by atoms with van der Waals surface area (Å²) in [6, 6.07) is 19.3. The summed E-state index contributed by atoms with van der Waals surface area (Å²) in [7, 11) is 0. The van der Waals surface area contributed by atoms with Gasteiger partial charge in [0.2, 0.25) is 35.4 Å². The smallest absolute Gasteiger partial charge is 0.244 e. The molecule has 17 nitrogen and oxygen atoms in total. The van der Waals surface area contributed by atoms with Crippen LogP contribution in [-0.4, -0.2) is 83.0 Å². The van der Waals surface area contributed by atoms with Gasteiger partial charge in [0.1, 0.15) is 30.0 Å². The molecule has 334 valence electrons. The summed E-state index contributed by atoms with van der Waals surface area (Å²) in [5.74, 6) is -5.60. The van der Waals surface area contributed by atoms with Crippen molar-refractivity contribution in [2.24, 2.45) is 44.6 Å². The molecular formula is C45H56FN11O6. The Morgan fingerprint density at radius 2 is 1.27 bits per heavy atom. The van der Waals surface area contributed by atoms with Gasteiger partial charge in [0.15, 0.2) is 11.9 Å². The second-order valence-electron chi connectivity index (χ2n) is 15.5. The van der Waals surface area contributed by atoms with Crippen molar-refractivity contribution in [1.29, 1.82) is 0 Å². The molecule has 0 saturated carbocycles. The molecular weight excluding hydrogens is 810 g/mol. The zero-order chi connectivity index (χ0) is 46.2. The van der Waals surface area contributed by atoms with Crippen LogP contribution >= 0.6 is 0 Å². The van der Waals surface area contributed by atoms with Gasteiger partial charge < -0.3 is 44.6 Å². The van der Waals surface area contributed by atoms with Crippen molar-refractivity contribution >= 4 is 63.8 Å². The molecule has 0 heterocycles. The maximum absolute atomic E-state index is 14.7. The van der Waals surface area contributed by atoms with Crippen molar-refractivity contribution in [2.75, 3.05) is 6.54 Å². The Bertz CT molecular complexity index is 2310. The van der Waals surface area contributed by atoms with Gasteiger partial charge in [0.05, 0.1) is 12.1 Å². The molecule has 4 atom stereocenters. The Kier molecular flexibility index (Phi) is 17.6. The van der Waals surface area contributed by atoms with E-state index in [1.807, 2.05) is 44.2 Å². The first-order chi connectivity index (χ1) is 29.9. The Balaban J connectivity index is 1.71. The van der Waals surface area contributed by atoms with E-state index in [4.69, 9.17) is 28.7 Å². The first kappa shape index (κ1) is 48.3. The average Bonchev–Trinajstić information content (AvgIpc) is 3.22. The van der Waals surface area contributed by atoms with E-state index in [9.17, 15) is 33.2 Å². The van der Waals surface area contributed by atoms with E-state index in [2.05, 4.69) is 25.9 Å². The topological polar surface area (TPSA) is 297 Å². The Labute approximate surface area is 365 Å². The maximum Gasteiger partial charge on any atom is 0.244 e. The van der Waals surface area contributed by atoms with Crippen molar-refractivity contribution in [3.8, 4) is 0 Å². The lowest BCUT2D eigenvalue weighted by Crippen LogP contribution is -2.60. The summed E-state index contributed by atoms with van der Waals surface area (Å²) in [6.45, 7) is 5.00. The number of amides is 6. The van der Waals surface area contributed by atoms with Crippen molar-refractivity contribution in [2.45, 2.75) is 83.5 Å². The van der Waals surface area contributed by atoms with E-state index in [1.54, 1.807) is 36.4 Å².